The number of halogens is 1. The molecule has 1 nitrogen and oxygen atoms in total. The van der Waals surface area contributed by atoms with Crippen LogP contribution < -0.4 is 0 Å². The maximum atomic E-state index is 13.7. The van der Waals surface area contributed by atoms with Crippen LogP contribution in [-0.4, -0.2) is 4.98 Å². The number of rotatable bonds is 10. The van der Waals surface area contributed by atoms with Crippen LogP contribution in [0.25, 0.3) is 17.2 Å². The lowest BCUT2D eigenvalue weighted by Gasteiger charge is -2.23. The molecule has 0 radical (unpaired) electrons. The van der Waals surface area contributed by atoms with Crippen molar-refractivity contribution in [3.05, 3.63) is 83.5 Å². The molecule has 1 unspecified atom stereocenters. The van der Waals surface area contributed by atoms with Gasteiger partial charge in [-0.1, -0.05) is 91.0 Å². The van der Waals surface area contributed by atoms with Gasteiger partial charge in [-0.3, -0.25) is 4.98 Å². The van der Waals surface area contributed by atoms with Gasteiger partial charge in [0.1, 0.15) is 5.82 Å². The number of pyridine rings is 1. The molecule has 0 aliphatic rings. The molecule has 2 heteroatoms. The Kier molecular flexibility index (Phi) is 16.6. The van der Waals surface area contributed by atoms with E-state index in [0.717, 1.165) is 48.2 Å². The van der Waals surface area contributed by atoms with Gasteiger partial charge in [0.2, 0.25) is 0 Å². The van der Waals surface area contributed by atoms with Gasteiger partial charge in [-0.15, -0.1) is 6.58 Å². The van der Waals surface area contributed by atoms with E-state index in [0.29, 0.717) is 11.8 Å². The van der Waals surface area contributed by atoms with E-state index in [1.54, 1.807) is 12.1 Å². The topological polar surface area (TPSA) is 12.9 Å². The summed E-state index contributed by atoms with van der Waals surface area (Å²) in [7, 11) is 0. The fourth-order valence-corrected chi connectivity index (χ4v) is 3.95. The third-order valence-electron chi connectivity index (χ3n) is 5.42. The zero-order valence-corrected chi connectivity index (χ0v) is 23.2. The first-order chi connectivity index (χ1) is 16.4. The molecule has 0 fully saturated rings. The standard InChI is InChI=1S/C28H36FN.2C2H6/c1-7-10-11-14-21(6)19-25-26(13-9-3)30-28(20(4)5)24(12-8-2)27(25)22-15-17-23(29)18-16-22;2*1-2/h7-10,12,15-18,20-21H,3,11,13-14,19H2,1-2,4-6H3;2*1-2H3/b10-7-,12-8+;;. The molecule has 0 aliphatic heterocycles. The minimum Gasteiger partial charge on any atom is -0.256 e. The third-order valence-corrected chi connectivity index (χ3v) is 5.42. The summed E-state index contributed by atoms with van der Waals surface area (Å²) in [6.45, 7) is 22.7. The molecule has 1 aromatic heterocycles. The Morgan fingerprint density at radius 3 is 2.09 bits per heavy atom. The van der Waals surface area contributed by atoms with Crippen LogP contribution in [0.3, 0.4) is 0 Å². The third kappa shape index (κ3) is 9.41. The first-order valence-corrected chi connectivity index (χ1v) is 13.1. The average molecular weight is 466 g/mol. The Bertz CT molecular complexity index is 888. The number of benzene rings is 1. The Morgan fingerprint density at radius 2 is 1.59 bits per heavy atom. The second kappa shape index (κ2) is 17.9. The summed E-state index contributed by atoms with van der Waals surface area (Å²) in [5.41, 5.74) is 6.86. The van der Waals surface area contributed by atoms with Crippen LogP contribution in [0.5, 0.6) is 0 Å². The van der Waals surface area contributed by atoms with Crippen LogP contribution in [0.15, 0.2) is 55.1 Å². The van der Waals surface area contributed by atoms with Gasteiger partial charge in [0, 0.05) is 17.7 Å². The molecule has 1 aromatic carbocycles. The van der Waals surface area contributed by atoms with E-state index >= 15 is 0 Å². The van der Waals surface area contributed by atoms with Gasteiger partial charge in [0.05, 0.1) is 5.69 Å². The second-order valence-electron chi connectivity index (χ2n) is 8.32. The van der Waals surface area contributed by atoms with Crippen molar-refractivity contribution in [3.63, 3.8) is 0 Å². The highest BCUT2D eigenvalue weighted by molar-refractivity contribution is 5.80. The lowest BCUT2D eigenvalue weighted by atomic mass is 9.84. The predicted octanol–water partition coefficient (Wildman–Crippen LogP) is 10.4. The molecule has 0 N–H and O–H groups in total. The highest BCUT2D eigenvalue weighted by Gasteiger charge is 2.22. The molecular formula is C32H48FN. The molecule has 0 saturated heterocycles. The van der Waals surface area contributed by atoms with Crippen LogP contribution >= 0.6 is 0 Å². The first-order valence-electron chi connectivity index (χ1n) is 13.1. The van der Waals surface area contributed by atoms with Crippen molar-refractivity contribution in [3.8, 4) is 11.1 Å². The van der Waals surface area contributed by atoms with Crippen LogP contribution in [0.2, 0.25) is 0 Å². The van der Waals surface area contributed by atoms with E-state index in [-0.39, 0.29) is 5.82 Å². The van der Waals surface area contributed by atoms with E-state index in [1.807, 2.05) is 52.8 Å². The maximum absolute atomic E-state index is 13.7. The van der Waals surface area contributed by atoms with Crippen molar-refractivity contribution < 1.29 is 4.39 Å². The van der Waals surface area contributed by atoms with Crippen molar-refractivity contribution in [2.24, 2.45) is 5.92 Å². The molecule has 1 heterocycles. The quantitative estimate of drug-likeness (QED) is 0.318. The van der Waals surface area contributed by atoms with E-state index < -0.39 is 0 Å². The Labute approximate surface area is 209 Å². The van der Waals surface area contributed by atoms with Crippen molar-refractivity contribution in [2.75, 3.05) is 0 Å². The molecule has 1 atom stereocenters. The summed E-state index contributed by atoms with van der Waals surface area (Å²) in [4.78, 5) is 5.12. The summed E-state index contributed by atoms with van der Waals surface area (Å²) in [5, 5.41) is 0. The molecule has 0 saturated carbocycles. The first kappa shape index (κ1) is 31.5. The number of allylic oxidation sites excluding steroid dienone is 4. The normalized spacial score (nSPS) is 11.7. The van der Waals surface area contributed by atoms with Gasteiger partial charge in [0.25, 0.3) is 0 Å². The van der Waals surface area contributed by atoms with Gasteiger partial charge in [-0.2, -0.15) is 0 Å². The van der Waals surface area contributed by atoms with Gasteiger partial charge < -0.3 is 0 Å². The number of aromatic nitrogens is 1. The van der Waals surface area contributed by atoms with Gasteiger partial charge >= 0.3 is 0 Å². The fourth-order valence-electron chi connectivity index (χ4n) is 3.95. The SMILES string of the molecule is C=CCc1nc(C(C)C)c(/C=C/C)c(-c2ccc(F)cc2)c1CC(C)CC/C=C\C.CC.CC. The van der Waals surface area contributed by atoms with Gasteiger partial charge in [-0.05, 0) is 73.8 Å². The molecule has 0 aliphatic carbocycles. The smallest absolute Gasteiger partial charge is 0.123 e. The summed E-state index contributed by atoms with van der Waals surface area (Å²) in [6, 6.07) is 6.90. The number of hydrogen-bond acceptors (Lipinski definition) is 1. The van der Waals surface area contributed by atoms with Gasteiger partial charge in [0.15, 0.2) is 0 Å². The van der Waals surface area contributed by atoms with Gasteiger partial charge in [-0.25, -0.2) is 4.39 Å². The molecule has 0 bridgehead atoms. The molecule has 0 amide bonds. The molecule has 2 aromatic rings. The predicted molar refractivity (Wildman–Crippen MR) is 152 cm³/mol. The van der Waals surface area contributed by atoms with E-state index in [2.05, 4.69) is 58.6 Å². The number of hydrogen-bond donors (Lipinski definition) is 0. The average Bonchev–Trinajstić information content (AvgIpc) is 2.84. The fraction of sp³-hybridized carbons (Fsp3) is 0.469. The molecule has 34 heavy (non-hydrogen) atoms. The highest BCUT2D eigenvalue weighted by Crippen LogP contribution is 2.37. The number of nitrogens with zero attached hydrogens (tertiary/aromatic N) is 1. The zero-order chi connectivity index (χ0) is 26.1. The van der Waals surface area contributed by atoms with E-state index in [4.69, 9.17) is 4.98 Å². The zero-order valence-electron chi connectivity index (χ0n) is 23.2. The monoisotopic (exact) mass is 465 g/mol. The van der Waals surface area contributed by atoms with Crippen molar-refractivity contribution in [1.29, 1.82) is 0 Å². The van der Waals surface area contributed by atoms with Crippen LogP contribution in [-0.2, 0) is 12.8 Å². The summed E-state index contributed by atoms with van der Waals surface area (Å²) in [6.07, 6.45) is 14.4. The van der Waals surface area contributed by atoms with Crippen molar-refractivity contribution in [2.45, 2.75) is 93.9 Å². The van der Waals surface area contributed by atoms with Crippen molar-refractivity contribution in [1.82, 2.24) is 4.98 Å². The Morgan fingerprint density at radius 1 is 0.971 bits per heavy atom. The molecule has 2 rings (SSSR count). The largest absolute Gasteiger partial charge is 0.256 e. The highest BCUT2D eigenvalue weighted by atomic mass is 19.1. The van der Waals surface area contributed by atoms with Crippen LogP contribution in [0.4, 0.5) is 4.39 Å². The Balaban J connectivity index is 0.00000258. The molecular weight excluding hydrogens is 417 g/mol. The summed E-state index contributed by atoms with van der Waals surface area (Å²) < 4.78 is 13.7. The maximum Gasteiger partial charge on any atom is 0.123 e. The minimum atomic E-state index is -0.211. The van der Waals surface area contributed by atoms with Crippen LogP contribution in [0, 0.1) is 11.7 Å². The summed E-state index contributed by atoms with van der Waals surface area (Å²) in [5.74, 6) is 0.603. The molecule has 0 spiro atoms. The second-order valence-corrected chi connectivity index (χ2v) is 8.32. The van der Waals surface area contributed by atoms with Crippen molar-refractivity contribution >= 4 is 6.08 Å². The lowest BCUT2D eigenvalue weighted by Crippen LogP contribution is -2.12. The summed E-state index contributed by atoms with van der Waals surface area (Å²) >= 11 is 0. The molecule has 188 valence electrons. The lowest BCUT2D eigenvalue weighted by molar-refractivity contribution is 0.533. The minimum absolute atomic E-state index is 0.211. The van der Waals surface area contributed by atoms with E-state index in [1.165, 1.54) is 11.1 Å². The van der Waals surface area contributed by atoms with Crippen LogP contribution in [0.1, 0.15) is 104 Å². The Hall–Kier alpha value is -2.48. The van der Waals surface area contributed by atoms with E-state index in [9.17, 15) is 4.39 Å².